The van der Waals surface area contributed by atoms with Gasteiger partial charge < -0.3 is 15.0 Å². The van der Waals surface area contributed by atoms with Gasteiger partial charge in [-0.1, -0.05) is 11.3 Å². The smallest absolute Gasteiger partial charge is 0.244 e. The first kappa shape index (κ1) is 20.2. The van der Waals surface area contributed by atoms with Gasteiger partial charge in [0, 0.05) is 31.8 Å². The van der Waals surface area contributed by atoms with Crippen LogP contribution in [0.1, 0.15) is 13.8 Å². The maximum Gasteiger partial charge on any atom is 0.244 e. The van der Waals surface area contributed by atoms with Crippen LogP contribution in [0.25, 0.3) is 27.7 Å². The van der Waals surface area contributed by atoms with Gasteiger partial charge in [0.25, 0.3) is 0 Å². The number of alkyl halides is 1. The van der Waals surface area contributed by atoms with Gasteiger partial charge in [0.1, 0.15) is 17.2 Å². The number of rotatable bonds is 5. The largest absolute Gasteiger partial charge is 0.479 e. The fraction of sp³-hybridized carbons (Fsp3) is 0.381. The van der Waals surface area contributed by atoms with Crippen molar-refractivity contribution in [3.8, 4) is 17.0 Å². The highest BCUT2D eigenvalue weighted by atomic mass is 19.1. The van der Waals surface area contributed by atoms with Crippen LogP contribution in [0.5, 0.6) is 5.88 Å². The molecule has 5 rings (SSSR count). The highest BCUT2D eigenvalue weighted by Gasteiger charge is 2.35. The second-order valence-corrected chi connectivity index (χ2v) is 7.77. The van der Waals surface area contributed by atoms with Crippen molar-refractivity contribution >= 4 is 28.4 Å². The molecule has 0 saturated carbocycles. The van der Waals surface area contributed by atoms with E-state index in [1.807, 2.05) is 42.1 Å². The minimum absolute atomic E-state index is 0.0612. The third kappa shape index (κ3) is 3.29. The summed E-state index contributed by atoms with van der Waals surface area (Å²) in [6, 6.07) is 7.28. The molecule has 11 heteroatoms. The highest BCUT2D eigenvalue weighted by molar-refractivity contribution is 5.89. The molecule has 1 N–H and O–H groups in total. The molecular formula is C21H23FN8O2. The molecule has 32 heavy (non-hydrogen) atoms. The summed E-state index contributed by atoms with van der Waals surface area (Å²) in [5, 5.41) is 15.9. The zero-order valence-electron chi connectivity index (χ0n) is 18.0. The topological polar surface area (TPSA) is 102 Å². The van der Waals surface area contributed by atoms with Crippen LogP contribution in [0.3, 0.4) is 0 Å². The van der Waals surface area contributed by atoms with E-state index in [9.17, 15) is 9.18 Å². The third-order valence-electron chi connectivity index (χ3n) is 5.81. The van der Waals surface area contributed by atoms with E-state index in [1.54, 1.807) is 4.52 Å². The van der Waals surface area contributed by atoms with Gasteiger partial charge in [-0.3, -0.25) is 4.79 Å². The average molecular weight is 438 g/mol. The van der Waals surface area contributed by atoms with E-state index in [-0.39, 0.29) is 24.9 Å². The zero-order valence-corrected chi connectivity index (χ0v) is 18.0. The zero-order chi connectivity index (χ0) is 22.4. The standard InChI is InChI=1S/C21H23FN8O2/c1-4-29-18-9-13(5-6-16(18)25-27-29)14-7-8-30-19(14)20(32-3)24-21(26-30)23-17-11-28(12(2)31)10-15(17)22/h5-9,15,17H,4,10-11H2,1-3H3,(H,23,26)/t15-,17+/m0/s1. The molecule has 1 saturated heterocycles. The maximum absolute atomic E-state index is 14.4. The summed E-state index contributed by atoms with van der Waals surface area (Å²) in [6.07, 6.45) is 0.608. The minimum Gasteiger partial charge on any atom is -0.479 e. The Morgan fingerprint density at radius 2 is 2.16 bits per heavy atom. The number of benzene rings is 1. The molecule has 4 heterocycles. The summed E-state index contributed by atoms with van der Waals surface area (Å²) in [4.78, 5) is 17.5. The van der Waals surface area contributed by atoms with Crippen LogP contribution >= 0.6 is 0 Å². The van der Waals surface area contributed by atoms with Gasteiger partial charge in [0.05, 0.1) is 25.2 Å². The van der Waals surface area contributed by atoms with Crippen LogP contribution in [0.15, 0.2) is 30.5 Å². The number of hydrogen-bond acceptors (Lipinski definition) is 7. The summed E-state index contributed by atoms with van der Waals surface area (Å²) in [5.74, 6) is 0.442. The number of carbonyl (C=O) groups is 1. The van der Waals surface area contributed by atoms with Crippen molar-refractivity contribution in [3.05, 3.63) is 30.5 Å². The number of methoxy groups -OCH3 is 1. The molecule has 1 aliphatic rings. The van der Waals surface area contributed by atoms with Gasteiger partial charge in [0.15, 0.2) is 0 Å². The predicted molar refractivity (Wildman–Crippen MR) is 116 cm³/mol. The Morgan fingerprint density at radius 1 is 1.31 bits per heavy atom. The first-order chi connectivity index (χ1) is 15.5. The second kappa shape index (κ2) is 7.74. The number of anilines is 1. The van der Waals surface area contributed by atoms with E-state index in [1.165, 1.54) is 18.9 Å². The van der Waals surface area contributed by atoms with Gasteiger partial charge >= 0.3 is 0 Å². The molecule has 0 spiro atoms. The lowest BCUT2D eigenvalue weighted by Gasteiger charge is -2.16. The van der Waals surface area contributed by atoms with Crippen molar-refractivity contribution in [2.45, 2.75) is 32.6 Å². The second-order valence-electron chi connectivity index (χ2n) is 7.77. The van der Waals surface area contributed by atoms with E-state index < -0.39 is 12.2 Å². The van der Waals surface area contributed by atoms with Crippen LogP contribution in [0, 0.1) is 0 Å². The van der Waals surface area contributed by atoms with Crippen molar-refractivity contribution in [1.82, 2.24) is 34.5 Å². The van der Waals surface area contributed by atoms with Gasteiger partial charge in [-0.05, 0) is 30.7 Å². The molecule has 1 amide bonds. The Morgan fingerprint density at radius 3 is 2.88 bits per heavy atom. The molecule has 1 fully saturated rings. The molecule has 1 aliphatic heterocycles. The molecule has 0 bridgehead atoms. The predicted octanol–water partition coefficient (Wildman–Crippen LogP) is 2.15. The molecule has 0 aliphatic carbocycles. The van der Waals surface area contributed by atoms with Gasteiger partial charge in [-0.15, -0.1) is 10.2 Å². The maximum atomic E-state index is 14.4. The van der Waals surface area contributed by atoms with E-state index in [0.717, 1.165) is 28.7 Å². The monoisotopic (exact) mass is 438 g/mol. The summed E-state index contributed by atoms with van der Waals surface area (Å²) in [6.45, 7) is 4.49. The number of nitrogens with zero attached hydrogens (tertiary/aromatic N) is 7. The quantitative estimate of drug-likeness (QED) is 0.509. The Bertz CT molecular complexity index is 1320. The number of ether oxygens (including phenoxy) is 1. The van der Waals surface area contributed by atoms with E-state index >= 15 is 0 Å². The first-order valence-corrected chi connectivity index (χ1v) is 10.4. The van der Waals surface area contributed by atoms with Crippen LogP contribution < -0.4 is 10.1 Å². The number of amides is 1. The summed E-state index contributed by atoms with van der Waals surface area (Å²) in [7, 11) is 1.53. The number of aromatic nitrogens is 6. The lowest BCUT2D eigenvalue weighted by atomic mass is 10.1. The molecular weight excluding hydrogens is 415 g/mol. The molecule has 3 aromatic heterocycles. The number of fused-ring (bicyclic) bond motifs is 2. The van der Waals surface area contributed by atoms with Crippen LogP contribution in [0.4, 0.5) is 10.3 Å². The summed E-state index contributed by atoms with van der Waals surface area (Å²) >= 11 is 0. The van der Waals surface area contributed by atoms with E-state index in [4.69, 9.17) is 4.74 Å². The Hall–Kier alpha value is -3.76. The Balaban J connectivity index is 1.52. The van der Waals surface area contributed by atoms with Crippen molar-refractivity contribution in [3.63, 3.8) is 0 Å². The Labute approximate surface area is 183 Å². The average Bonchev–Trinajstić information content (AvgIpc) is 3.49. The lowest BCUT2D eigenvalue weighted by Crippen LogP contribution is -2.32. The van der Waals surface area contributed by atoms with Crippen molar-refractivity contribution in [2.24, 2.45) is 0 Å². The number of hydrogen-bond donors (Lipinski definition) is 1. The van der Waals surface area contributed by atoms with Crippen molar-refractivity contribution in [2.75, 3.05) is 25.5 Å². The highest BCUT2D eigenvalue weighted by Crippen LogP contribution is 2.33. The number of aryl methyl sites for hydroxylation is 1. The van der Waals surface area contributed by atoms with Gasteiger partial charge in [-0.2, -0.15) is 4.98 Å². The van der Waals surface area contributed by atoms with Gasteiger partial charge in [0.2, 0.25) is 17.7 Å². The molecule has 0 radical (unpaired) electrons. The third-order valence-corrected chi connectivity index (χ3v) is 5.81. The summed E-state index contributed by atoms with van der Waals surface area (Å²) < 4.78 is 23.5. The molecule has 4 aromatic rings. The molecule has 0 unspecified atom stereocenters. The van der Waals surface area contributed by atoms with Crippen LogP contribution in [-0.4, -0.2) is 72.8 Å². The van der Waals surface area contributed by atoms with Crippen LogP contribution in [-0.2, 0) is 11.3 Å². The number of halogens is 1. The van der Waals surface area contributed by atoms with Crippen LogP contribution in [0.2, 0.25) is 0 Å². The van der Waals surface area contributed by atoms with Gasteiger partial charge in [-0.25, -0.2) is 13.6 Å². The van der Waals surface area contributed by atoms with E-state index in [2.05, 4.69) is 25.7 Å². The minimum atomic E-state index is -1.20. The molecule has 2 atom stereocenters. The summed E-state index contributed by atoms with van der Waals surface area (Å²) in [5.41, 5.74) is 4.31. The van der Waals surface area contributed by atoms with Crippen molar-refractivity contribution < 1.29 is 13.9 Å². The fourth-order valence-corrected chi connectivity index (χ4v) is 4.12. The first-order valence-electron chi connectivity index (χ1n) is 10.4. The number of carbonyl (C=O) groups excluding carboxylic acids is 1. The molecule has 10 nitrogen and oxygen atoms in total. The molecule has 1 aromatic carbocycles. The van der Waals surface area contributed by atoms with Crippen molar-refractivity contribution in [1.29, 1.82) is 0 Å². The molecule has 166 valence electrons. The lowest BCUT2D eigenvalue weighted by molar-refractivity contribution is -0.128. The fourth-order valence-electron chi connectivity index (χ4n) is 4.12. The number of nitrogens with one attached hydrogen (secondary N) is 1. The number of likely N-dealkylation sites (tertiary alicyclic amines) is 1. The Kier molecular flexibility index (Phi) is 4.87. The van der Waals surface area contributed by atoms with E-state index in [0.29, 0.717) is 11.4 Å². The SMILES string of the molecule is CCn1nnc2ccc(-c3ccn4nc(N[C@@H]5CN(C(C)=O)C[C@@H]5F)nc(OC)c34)cc21. The normalized spacial score (nSPS) is 18.6.